The average molecular weight is 436 g/mol. The third-order valence-corrected chi connectivity index (χ3v) is 7.80. The van der Waals surface area contributed by atoms with E-state index < -0.39 is 40.2 Å². The van der Waals surface area contributed by atoms with Gasteiger partial charge >= 0.3 is 18.0 Å². The van der Waals surface area contributed by atoms with Crippen molar-refractivity contribution in [3.63, 3.8) is 0 Å². The van der Waals surface area contributed by atoms with Crippen LogP contribution >= 0.6 is 23.1 Å². The van der Waals surface area contributed by atoms with Gasteiger partial charge in [-0.25, -0.2) is 19.4 Å². The van der Waals surface area contributed by atoms with Gasteiger partial charge in [-0.05, 0) is 26.0 Å². The summed E-state index contributed by atoms with van der Waals surface area (Å²) in [5.74, 6) is -1.01. The fraction of sp³-hybridized carbons (Fsp3) is 0.474. The number of para-hydroxylation sites is 1. The van der Waals surface area contributed by atoms with E-state index in [1.165, 1.54) is 47.1 Å². The van der Waals surface area contributed by atoms with Crippen LogP contribution in [0.15, 0.2) is 24.3 Å². The first-order chi connectivity index (χ1) is 13.8. The summed E-state index contributed by atoms with van der Waals surface area (Å²) in [5.41, 5.74) is 0.845. The van der Waals surface area contributed by atoms with Gasteiger partial charge in [-0.1, -0.05) is 12.1 Å². The first kappa shape index (κ1) is 20.0. The standard InChI is InChI=1S/C19H21N3O5S2/c1-19(2)14(17(24)27-4)22-15(29-19)13(16(23)26-3)21(18(22)25)9-12-20-10-7-5-6-8-11(10)28-12/h5-8,13-15H,9H2,1-4H3/t13-,14-,15+/m0/s1. The van der Waals surface area contributed by atoms with Gasteiger partial charge < -0.3 is 14.4 Å². The second-order valence-electron chi connectivity index (χ2n) is 7.40. The molecular weight excluding hydrogens is 414 g/mol. The lowest BCUT2D eigenvalue weighted by Gasteiger charge is -2.29. The summed E-state index contributed by atoms with van der Waals surface area (Å²) in [6, 6.07) is 5.68. The van der Waals surface area contributed by atoms with Crippen molar-refractivity contribution in [3.05, 3.63) is 29.3 Å². The van der Waals surface area contributed by atoms with Crippen LogP contribution in [0.5, 0.6) is 0 Å². The van der Waals surface area contributed by atoms with Gasteiger partial charge in [0.25, 0.3) is 0 Å². The van der Waals surface area contributed by atoms with Crippen LogP contribution in [-0.4, -0.2) is 69.2 Å². The Morgan fingerprint density at radius 2 is 1.86 bits per heavy atom. The van der Waals surface area contributed by atoms with Gasteiger partial charge in [0.1, 0.15) is 16.4 Å². The van der Waals surface area contributed by atoms with Gasteiger partial charge in [0.2, 0.25) is 0 Å². The third-order valence-electron chi connectivity index (χ3n) is 5.22. The Morgan fingerprint density at radius 1 is 1.17 bits per heavy atom. The highest BCUT2D eigenvalue weighted by Gasteiger charge is 2.64. The molecule has 2 saturated heterocycles. The van der Waals surface area contributed by atoms with Crippen LogP contribution < -0.4 is 0 Å². The Balaban J connectivity index is 1.71. The summed E-state index contributed by atoms with van der Waals surface area (Å²) < 4.78 is 10.4. The molecule has 0 aliphatic carbocycles. The van der Waals surface area contributed by atoms with Gasteiger partial charge in [0.05, 0.1) is 31.0 Å². The number of nitrogens with zero attached hydrogens (tertiary/aromatic N) is 3. The number of carbonyl (C=O) groups excluding carboxylic acids is 3. The van der Waals surface area contributed by atoms with Crippen molar-refractivity contribution in [3.8, 4) is 0 Å². The zero-order chi connectivity index (χ0) is 20.9. The molecule has 2 fully saturated rings. The molecule has 1 aromatic carbocycles. The minimum absolute atomic E-state index is 0.166. The van der Waals surface area contributed by atoms with E-state index in [0.717, 1.165) is 10.2 Å². The molecule has 0 spiro atoms. The molecule has 0 saturated carbocycles. The van der Waals surface area contributed by atoms with Crippen LogP contribution in [0, 0.1) is 0 Å². The minimum Gasteiger partial charge on any atom is -0.467 e. The highest BCUT2D eigenvalue weighted by Crippen LogP contribution is 2.50. The lowest BCUT2D eigenvalue weighted by atomic mass is 10.0. The first-order valence-electron chi connectivity index (χ1n) is 9.05. The normalized spacial score (nSPS) is 25.4. The second-order valence-corrected chi connectivity index (χ2v) is 10.3. The van der Waals surface area contributed by atoms with Crippen LogP contribution in [0.2, 0.25) is 0 Å². The van der Waals surface area contributed by atoms with Crippen LogP contribution in [0.1, 0.15) is 18.9 Å². The molecule has 0 radical (unpaired) electrons. The first-order valence-corrected chi connectivity index (χ1v) is 10.7. The summed E-state index contributed by atoms with van der Waals surface area (Å²) in [5, 5.41) is 0.178. The van der Waals surface area contributed by atoms with Gasteiger partial charge in [-0.3, -0.25) is 4.90 Å². The fourth-order valence-electron chi connectivity index (χ4n) is 3.94. The predicted molar refractivity (Wildman–Crippen MR) is 109 cm³/mol. The number of fused-ring (bicyclic) bond motifs is 2. The number of hydrogen-bond acceptors (Lipinski definition) is 8. The molecule has 2 amide bonds. The smallest absolute Gasteiger partial charge is 0.331 e. The Kier molecular flexibility index (Phi) is 4.94. The lowest BCUT2D eigenvalue weighted by molar-refractivity contribution is -0.148. The number of esters is 2. The van der Waals surface area contributed by atoms with Crippen LogP contribution in [0.3, 0.4) is 0 Å². The van der Waals surface area contributed by atoms with E-state index in [1.807, 2.05) is 38.1 Å². The van der Waals surface area contributed by atoms with Gasteiger partial charge in [0, 0.05) is 4.75 Å². The summed E-state index contributed by atoms with van der Waals surface area (Å²) in [6.45, 7) is 3.91. The number of thiazole rings is 1. The number of carbonyl (C=O) groups is 3. The maximum absolute atomic E-state index is 13.4. The quantitative estimate of drug-likeness (QED) is 0.682. The molecule has 2 aliphatic rings. The Labute approximate surface area is 176 Å². The molecule has 3 atom stereocenters. The van der Waals surface area contributed by atoms with E-state index in [4.69, 9.17) is 9.47 Å². The van der Waals surface area contributed by atoms with Crippen LogP contribution in [-0.2, 0) is 25.6 Å². The number of rotatable bonds is 4. The van der Waals surface area contributed by atoms with Crippen LogP contribution in [0.25, 0.3) is 10.2 Å². The van der Waals surface area contributed by atoms with Gasteiger partial charge in [-0.2, -0.15) is 0 Å². The number of ether oxygens (including phenoxy) is 2. The third kappa shape index (κ3) is 3.14. The molecule has 0 unspecified atom stereocenters. The molecule has 4 rings (SSSR count). The zero-order valence-electron chi connectivity index (χ0n) is 16.4. The van der Waals surface area contributed by atoms with Crippen molar-refractivity contribution in [1.82, 2.24) is 14.8 Å². The predicted octanol–water partition coefficient (Wildman–Crippen LogP) is 2.47. The van der Waals surface area contributed by atoms with E-state index in [0.29, 0.717) is 5.01 Å². The molecule has 2 aromatic rings. The van der Waals surface area contributed by atoms with Crippen LogP contribution in [0.4, 0.5) is 4.79 Å². The maximum atomic E-state index is 13.4. The second kappa shape index (κ2) is 7.17. The Bertz CT molecular complexity index is 958. The molecule has 0 N–H and O–H groups in total. The number of aromatic nitrogens is 1. The summed E-state index contributed by atoms with van der Waals surface area (Å²) >= 11 is 2.88. The number of benzene rings is 1. The number of hydrogen-bond donors (Lipinski definition) is 0. The van der Waals surface area contributed by atoms with Crippen molar-refractivity contribution in [2.45, 2.75) is 42.6 Å². The van der Waals surface area contributed by atoms with Crippen molar-refractivity contribution in [2.75, 3.05) is 14.2 Å². The average Bonchev–Trinajstić information content (AvgIpc) is 3.30. The number of amides is 2. The molecule has 29 heavy (non-hydrogen) atoms. The summed E-state index contributed by atoms with van der Waals surface area (Å²) in [6.07, 6.45) is 0. The van der Waals surface area contributed by atoms with E-state index in [1.54, 1.807) is 0 Å². The largest absolute Gasteiger partial charge is 0.467 e. The molecule has 10 heteroatoms. The lowest BCUT2D eigenvalue weighted by Crippen LogP contribution is -2.50. The number of thioether (sulfide) groups is 1. The van der Waals surface area contributed by atoms with Crippen molar-refractivity contribution >= 4 is 51.3 Å². The Hall–Kier alpha value is -2.33. The maximum Gasteiger partial charge on any atom is 0.331 e. The molecule has 1 aromatic heterocycles. The van der Waals surface area contributed by atoms with Gasteiger partial charge in [-0.15, -0.1) is 23.1 Å². The SMILES string of the molecule is COC(=O)[C@@H]1[C@H]2SC(C)(C)[C@H](C(=O)OC)N2C(=O)N1Cc1nc2ccccc2s1. The van der Waals surface area contributed by atoms with Crippen molar-refractivity contribution < 1.29 is 23.9 Å². The Morgan fingerprint density at radius 3 is 2.52 bits per heavy atom. The highest BCUT2D eigenvalue weighted by atomic mass is 32.2. The van der Waals surface area contributed by atoms with Gasteiger partial charge in [0.15, 0.2) is 6.04 Å². The van der Waals surface area contributed by atoms with Crippen molar-refractivity contribution in [1.29, 1.82) is 0 Å². The fourth-order valence-corrected chi connectivity index (χ4v) is 6.58. The van der Waals surface area contributed by atoms with E-state index in [-0.39, 0.29) is 6.54 Å². The van der Waals surface area contributed by atoms with E-state index in [9.17, 15) is 14.4 Å². The molecular formula is C19H21N3O5S2. The summed E-state index contributed by atoms with van der Waals surface area (Å²) in [4.78, 5) is 46.0. The number of urea groups is 1. The highest BCUT2D eigenvalue weighted by molar-refractivity contribution is 8.01. The number of methoxy groups -OCH3 is 2. The molecule has 8 nitrogen and oxygen atoms in total. The molecule has 154 valence electrons. The van der Waals surface area contributed by atoms with E-state index in [2.05, 4.69) is 4.98 Å². The van der Waals surface area contributed by atoms with E-state index >= 15 is 0 Å². The molecule has 3 heterocycles. The topological polar surface area (TPSA) is 89.0 Å². The molecule has 0 bridgehead atoms. The zero-order valence-corrected chi connectivity index (χ0v) is 18.1. The summed E-state index contributed by atoms with van der Waals surface area (Å²) in [7, 11) is 2.60. The monoisotopic (exact) mass is 435 g/mol. The molecule has 2 aliphatic heterocycles. The minimum atomic E-state index is -0.835. The van der Waals surface area contributed by atoms with Crippen molar-refractivity contribution in [2.24, 2.45) is 0 Å².